The summed E-state index contributed by atoms with van der Waals surface area (Å²) in [5, 5.41) is 6.17. The maximum Gasteiger partial charge on any atom is 0.325 e. The molecular weight excluding hydrogens is 342 g/mol. The maximum atomic E-state index is 12.7. The van der Waals surface area contributed by atoms with Crippen LogP contribution in [0, 0.1) is 0 Å². The van der Waals surface area contributed by atoms with Gasteiger partial charge in [0.1, 0.15) is 12.1 Å². The molecule has 6 nitrogen and oxygen atoms in total. The Morgan fingerprint density at radius 2 is 1.96 bits per heavy atom. The van der Waals surface area contributed by atoms with E-state index in [0.717, 1.165) is 29.7 Å². The number of amides is 4. The predicted octanol–water partition coefficient (Wildman–Crippen LogP) is 2.77. The molecule has 1 aromatic carbocycles. The highest BCUT2D eigenvalue weighted by Crippen LogP contribution is 2.33. The topological polar surface area (TPSA) is 78.5 Å². The lowest BCUT2D eigenvalue weighted by molar-refractivity contribution is -0.136. The molecule has 7 heteroatoms. The van der Waals surface area contributed by atoms with Gasteiger partial charge in [-0.15, -0.1) is 0 Å². The fourth-order valence-corrected chi connectivity index (χ4v) is 3.95. The standard InChI is InChI=1S/C18H22ClN3O3/c1-12(13-7-3-4-8-14(13)19)20-15(23)11-22-16(24)18(21-17(22)25)9-5-2-6-10-18/h3-4,7-8,12H,2,5-6,9-11H2,1H3,(H,20,23)(H,21,25)/t12-/m0/s1. The summed E-state index contributed by atoms with van der Waals surface area (Å²) in [6, 6.07) is 6.45. The Balaban J connectivity index is 1.64. The van der Waals surface area contributed by atoms with E-state index in [1.54, 1.807) is 6.07 Å². The van der Waals surface area contributed by atoms with Crippen LogP contribution in [0.1, 0.15) is 50.6 Å². The van der Waals surface area contributed by atoms with Crippen LogP contribution in [0.3, 0.4) is 0 Å². The molecule has 3 rings (SSSR count). The third-order valence-electron chi connectivity index (χ3n) is 5.00. The minimum absolute atomic E-state index is 0.277. The van der Waals surface area contributed by atoms with Gasteiger partial charge in [-0.1, -0.05) is 49.1 Å². The van der Waals surface area contributed by atoms with Gasteiger partial charge in [0.15, 0.2) is 0 Å². The van der Waals surface area contributed by atoms with E-state index in [0.29, 0.717) is 17.9 Å². The largest absolute Gasteiger partial charge is 0.348 e. The number of nitrogens with zero attached hydrogens (tertiary/aromatic N) is 1. The van der Waals surface area contributed by atoms with Crippen molar-refractivity contribution >= 4 is 29.4 Å². The van der Waals surface area contributed by atoms with Gasteiger partial charge in [0, 0.05) is 5.02 Å². The van der Waals surface area contributed by atoms with Crippen LogP contribution in [0.2, 0.25) is 5.02 Å². The molecule has 2 fully saturated rings. The Morgan fingerprint density at radius 3 is 2.64 bits per heavy atom. The fraction of sp³-hybridized carbons (Fsp3) is 0.500. The summed E-state index contributed by atoms with van der Waals surface area (Å²) in [7, 11) is 0. The van der Waals surface area contributed by atoms with Crippen molar-refractivity contribution in [1.82, 2.24) is 15.5 Å². The Kier molecular flexibility index (Phi) is 4.99. The summed E-state index contributed by atoms with van der Waals surface area (Å²) in [5.41, 5.74) is -0.0114. The summed E-state index contributed by atoms with van der Waals surface area (Å²) >= 11 is 6.14. The second kappa shape index (κ2) is 7.04. The van der Waals surface area contributed by atoms with E-state index >= 15 is 0 Å². The molecule has 1 saturated heterocycles. The second-order valence-corrected chi connectivity index (χ2v) is 7.18. The van der Waals surface area contributed by atoms with Crippen LogP contribution in [-0.4, -0.2) is 34.8 Å². The van der Waals surface area contributed by atoms with Crippen LogP contribution in [0.25, 0.3) is 0 Å². The van der Waals surface area contributed by atoms with Gasteiger partial charge >= 0.3 is 6.03 Å². The highest BCUT2D eigenvalue weighted by molar-refractivity contribution is 6.31. The molecule has 0 radical (unpaired) electrons. The lowest BCUT2D eigenvalue weighted by atomic mass is 9.82. The molecule has 1 aromatic rings. The molecule has 1 aliphatic carbocycles. The van der Waals surface area contributed by atoms with E-state index in [1.807, 2.05) is 25.1 Å². The van der Waals surface area contributed by atoms with Gasteiger partial charge in [0.25, 0.3) is 5.91 Å². The third-order valence-corrected chi connectivity index (χ3v) is 5.35. The van der Waals surface area contributed by atoms with E-state index in [9.17, 15) is 14.4 Å². The smallest absolute Gasteiger partial charge is 0.325 e. The van der Waals surface area contributed by atoms with Crippen molar-refractivity contribution in [1.29, 1.82) is 0 Å². The summed E-state index contributed by atoms with van der Waals surface area (Å²) in [4.78, 5) is 38.2. The number of urea groups is 1. The van der Waals surface area contributed by atoms with E-state index < -0.39 is 11.6 Å². The number of carbonyl (C=O) groups is 3. The lowest BCUT2D eigenvalue weighted by Crippen LogP contribution is -2.49. The summed E-state index contributed by atoms with van der Waals surface area (Å²) in [5.74, 6) is -0.665. The van der Waals surface area contributed by atoms with Gasteiger partial charge in [-0.25, -0.2) is 4.79 Å². The van der Waals surface area contributed by atoms with Gasteiger partial charge < -0.3 is 10.6 Å². The van der Waals surface area contributed by atoms with E-state index in [-0.39, 0.29) is 24.4 Å². The molecular formula is C18H22ClN3O3. The average Bonchev–Trinajstić information content (AvgIpc) is 2.80. The first-order valence-corrected chi connectivity index (χ1v) is 8.99. The van der Waals surface area contributed by atoms with E-state index in [1.165, 1.54) is 0 Å². The molecule has 0 aromatic heterocycles. The van der Waals surface area contributed by atoms with Crippen molar-refractivity contribution in [2.24, 2.45) is 0 Å². The molecule has 1 heterocycles. The number of hydrogen-bond donors (Lipinski definition) is 2. The fourth-order valence-electron chi connectivity index (χ4n) is 3.65. The van der Waals surface area contributed by atoms with Gasteiger partial charge in [0.05, 0.1) is 6.04 Å². The molecule has 2 aliphatic rings. The normalized spacial score (nSPS) is 20.5. The zero-order valence-electron chi connectivity index (χ0n) is 14.2. The quantitative estimate of drug-likeness (QED) is 0.807. The molecule has 0 bridgehead atoms. The zero-order chi connectivity index (χ0) is 18.0. The lowest BCUT2D eigenvalue weighted by Gasteiger charge is -2.30. The van der Waals surface area contributed by atoms with Crippen molar-refractivity contribution in [2.75, 3.05) is 6.54 Å². The highest BCUT2D eigenvalue weighted by atomic mass is 35.5. The van der Waals surface area contributed by atoms with E-state index in [4.69, 9.17) is 11.6 Å². The molecule has 4 amide bonds. The predicted molar refractivity (Wildman–Crippen MR) is 94.1 cm³/mol. The first-order valence-electron chi connectivity index (χ1n) is 8.61. The van der Waals surface area contributed by atoms with Crippen molar-refractivity contribution in [3.8, 4) is 0 Å². The van der Waals surface area contributed by atoms with Crippen molar-refractivity contribution in [3.05, 3.63) is 34.9 Å². The van der Waals surface area contributed by atoms with Crippen molar-refractivity contribution < 1.29 is 14.4 Å². The number of imide groups is 1. The monoisotopic (exact) mass is 363 g/mol. The number of halogens is 1. The van der Waals surface area contributed by atoms with Gasteiger partial charge in [-0.3, -0.25) is 14.5 Å². The average molecular weight is 364 g/mol. The highest BCUT2D eigenvalue weighted by Gasteiger charge is 2.51. The zero-order valence-corrected chi connectivity index (χ0v) is 14.9. The molecule has 1 saturated carbocycles. The minimum Gasteiger partial charge on any atom is -0.348 e. The first-order chi connectivity index (χ1) is 11.9. The van der Waals surface area contributed by atoms with Gasteiger partial charge in [-0.2, -0.15) is 0 Å². The minimum atomic E-state index is -0.802. The Morgan fingerprint density at radius 1 is 1.28 bits per heavy atom. The van der Waals surface area contributed by atoms with Crippen LogP contribution in [-0.2, 0) is 9.59 Å². The molecule has 0 unspecified atom stereocenters. The summed E-state index contributed by atoms with van der Waals surface area (Å²) < 4.78 is 0. The number of hydrogen-bond acceptors (Lipinski definition) is 3. The summed E-state index contributed by atoms with van der Waals surface area (Å²) in [6.07, 6.45) is 4.18. The second-order valence-electron chi connectivity index (χ2n) is 6.77. The van der Waals surface area contributed by atoms with Crippen LogP contribution in [0.4, 0.5) is 4.79 Å². The number of benzene rings is 1. The van der Waals surface area contributed by atoms with Crippen molar-refractivity contribution in [3.63, 3.8) is 0 Å². The third kappa shape index (κ3) is 3.49. The molecule has 25 heavy (non-hydrogen) atoms. The SMILES string of the molecule is C[C@H](NC(=O)CN1C(=O)NC2(CCCCC2)C1=O)c1ccccc1Cl. The van der Waals surface area contributed by atoms with Crippen LogP contribution >= 0.6 is 11.6 Å². The Bertz CT molecular complexity index is 701. The van der Waals surface area contributed by atoms with Gasteiger partial charge in [-0.05, 0) is 31.4 Å². The molecule has 1 aliphatic heterocycles. The Hall–Kier alpha value is -2.08. The Labute approximate surface area is 151 Å². The number of rotatable bonds is 4. The number of nitrogens with one attached hydrogen (secondary N) is 2. The molecule has 1 atom stereocenters. The maximum absolute atomic E-state index is 12.7. The first kappa shape index (κ1) is 17.7. The van der Waals surface area contributed by atoms with Crippen LogP contribution < -0.4 is 10.6 Å². The van der Waals surface area contributed by atoms with Gasteiger partial charge in [0.2, 0.25) is 5.91 Å². The van der Waals surface area contributed by atoms with E-state index in [2.05, 4.69) is 10.6 Å². The summed E-state index contributed by atoms with van der Waals surface area (Å²) in [6.45, 7) is 1.54. The molecule has 1 spiro atoms. The molecule has 134 valence electrons. The van der Waals surface area contributed by atoms with Crippen molar-refractivity contribution in [2.45, 2.75) is 50.6 Å². The molecule has 2 N–H and O–H groups in total. The number of carbonyl (C=O) groups excluding carboxylic acids is 3. The van der Waals surface area contributed by atoms with Crippen LogP contribution in [0.5, 0.6) is 0 Å². The van der Waals surface area contributed by atoms with Crippen LogP contribution in [0.15, 0.2) is 24.3 Å².